The summed E-state index contributed by atoms with van der Waals surface area (Å²) in [5.41, 5.74) is 7.07. The first kappa shape index (κ1) is 33.5. The third kappa shape index (κ3) is 7.23. The second-order valence-electron chi connectivity index (χ2n) is 11.3. The number of hydrogen-bond acceptors (Lipinski definition) is 5. The van der Waals surface area contributed by atoms with E-state index in [1.807, 2.05) is 0 Å². The molecule has 1 aliphatic rings. The zero-order valence-corrected chi connectivity index (χ0v) is 26.5. The van der Waals surface area contributed by atoms with Crippen molar-refractivity contribution in [2.45, 2.75) is 48.7 Å². The number of primary amides is 1. The molecular formula is C34H34ClF3N4O3S. The number of anilines is 1. The van der Waals surface area contributed by atoms with Crippen molar-refractivity contribution < 1.29 is 26.4 Å². The van der Waals surface area contributed by atoms with Crippen LogP contribution in [0.1, 0.15) is 36.0 Å². The van der Waals surface area contributed by atoms with E-state index in [-0.39, 0.29) is 34.0 Å². The Balaban J connectivity index is 1.47. The maximum atomic E-state index is 15.5. The molecule has 1 aliphatic heterocycles. The van der Waals surface area contributed by atoms with Crippen LogP contribution in [0.4, 0.5) is 18.9 Å². The highest BCUT2D eigenvalue weighted by Gasteiger charge is 2.39. The molecule has 0 unspecified atom stereocenters. The Morgan fingerprint density at radius 1 is 0.957 bits per heavy atom. The third-order valence-corrected chi connectivity index (χ3v) is 10.8. The van der Waals surface area contributed by atoms with Crippen LogP contribution in [-0.2, 0) is 21.2 Å². The van der Waals surface area contributed by atoms with E-state index < -0.39 is 57.4 Å². The fourth-order valence-electron chi connectivity index (χ4n) is 6.15. The quantitative estimate of drug-likeness (QED) is 0.186. The van der Waals surface area contributed by atoms with Crippen LogP contribution < -0.4 is 16.4 Å². The number of nitrogens with two attached hydrogens (primary N) is 1. The summed E-state index contributed by atoms with van der Waals surface area (Å²) in [5, 5.41) is 6.43. The summed E-state index contributed by atoms with van der Waals surface area (Å²) in [6.07, 6.45) is 0.327. The summed E-state index contributed by atoms with van der Waals surface area (Å²) in [6.45, 7) is 2.55. The molecule has 12 heteroatoms. The van der Waals surface area contributed by atoms with Crippen molar-refractivity contribution in [2.24, 2.45) is 5.73 Å². The Morgan fingerprint density at radius 3 is 2.20 bits per heavy atom. The first-order chi connectivity index (χ1) is 22.0. The number of carbonyl (C=O) groups excluding carboxylic acids is 1. The molecule has 242 valence electrons. The van der Waals surface area contributed by atoms with Crippen LogP contribution in [0.5, 0.6) is 0 Å². The third-order valence-electron chi connectivity index (χ3n) is 8.22. The fourth-order valence-corrected chi connectivity index (χ4v) is 8.49. The zero-order valence-electron chi connectivity index (χ0n) is 25.0. The van der Waals surface area contributed by atoms with E-state index >= 15 is 4.39 Å². The van der Waals surface area contributed by atoms with Crippen LogP contribution in [0.25, 0.3) is 0 Å². The second-order valence-corrected chi connectivity index (χ2v) is 13.6. The highest BCUT2D eigenvalue weighted by Crippen LogP contribution is 2.34. The minimum Gasteiger partial charge on any atom is -0.373 e. The van der Waals surface area contributed by atoms with Gasteiger partial charge < -0.3 is 16.4 Å². The smallest absolute Gasteiger partial charge is 0.245 e. The molecular weight excluding hydrogens is 637 g/mol. The summed E-state index contributed by atoms with van der Waals surface area (Å²) < 4.78 is 73.3. The Bertz CT molecular complexity index is 1780. The van der Waals surface area contributed by atoms with Gasteiger partial charge in [-0.3, -0.25) is 4.79 Å². The molecule has 0 aliphatic carbocycles. The second kappa shape index (κ2) is 14.3. The van der Waals surface area contributed by atoms with Crippen LogP contribution in [-0.4, -0.2) is 49.8 Å². The number of rotatable bonds is 11. The van der Waals surface area contributed by atoms with E-state index in [1.165, 1.54) is 65.0 Å². The summed E-state index contributed by atoms with van der Waals surface area (Å²) in [4.78, 5) is 13.0. The number of halogens is 4. The Kier molecular flexibility index (Phi) is 10.4. The highest BCUT2D eigenvalue weighted by atomic mass is 35.5. The molecule has 0 spiro atoms. The van der Waals surface area contributed by atoms with E-state index in [0.29, 0.717) is 24.2 Å². The van der Waals surface area contributed by atoms with Crippen LogP contribution in [0.15, 0.2) is 95.9 Å². The van der Waals surface area contributed by atoms with E-state index in [9.17, 15) is 22.0 Å². The molecule has 0 aromatic heterocycles. The van der Waals surface area contributed by atoms with Crippen molar-refractivity contribution >= 4 is 33.2 Å². The lowest BCUT2D eigenvalue weighted by Gasteiger charge is -2.40. The monoisotopic (exact) mass is 670 g/mol. The number of amides is 1. The number of sulfonamides is 1. The number of carbonyl (C=O) groups is 1. The first-order valence-corrected chi connectivity index (χ1v) is 16.6. The number of nitrogens with zero attached hydrogens (tertiary/aromatic N) is 1. The highest BCUT2D eigenvalue weighted by molar-refractivity contribution is 7.89. The molecule has 46 heavy (non-hydrogen) atoms. The SMILES string of the molecule is C[C@H]1CNC[C@H](CCc2c(F)cccc2N[C@H](C(N)=O)C(c2cccc(F)c2)c2cccc(F)c2)N1S(=O)(=O)c1ccccc1Cl. The van der Waals surface area contributed by atoms with Gasteiger partial charge >= 0.3 is 0 Å². The summed E-state index contributed by atoms with van der Waals surface area (Å²) in [5.74, 6) is -3.44. The largest absolute Gasteiger partial charge is 0.373 e. The number of piperazine rings is 1. The van der Waals surface area contributed by atoms with Crippen LogP contribution >= 0.6 is 11.6 Å². The predicted molar refractivity (Wildman–Crippen MR) is 173 cm³/mol. The average molecular weight is 671 g/mol. The molecule has 4 aromatic rings. The molecule has 0 bridgehead atoms. The van der Waals surface area contributed by atoms with Crippen LogP contribution in [0.3, 0.4) is 0 Å². The van der Waals surface area contributed by atoms with Gasteiger partial charge in [-0.1, -0.05) is 54.1 Å². The lowest BCUT2D eigenvalue weighted by atomic mass is 9.84. The molecule has 4 aromatic carbocycles. The van der Waals surface area contributed by atoms with Gasteiger partial charge in [0.15, 0.2) is 0 Å². The lowest BCUT2D eigenvalue weighted by molar-refractivity contribution is -0.119. The minimum absolute atomic E-state index is 0.00583. The van der Waals surface area contributed by atoms with Crippen molar-refractivity contribution in [3.63, 3.8) is 0 Å². The first-order valence-electron chi connectivity index (χ1n) is 14.8. The van der Waals surface area contributed by atoms with Gasteiger partial charge in [0.25, 0.3) is 0 Å². The van der Waals surface area contributed by atoms with Gasteiger partial charge in [0.1, 0.15) is 28.4 Å². The molecule has 0 radical (unpaired) electrons. The lowest BCUT2D eigenvalue weighted by Crippen LogP contribution is -2.58. The molecule has 1 fully saturated rings. The molecule has 1 heterocycles. The Morgan fingerprint density at radius 2 is 1.59 bits per heavy atom. The number of benzene rings is 4. The normalized spacial score (nSPS) is 18.0. The van der Waals surface area contributed by atoms with Gasteiger partial charge in [-0.15, -0.1) is 0 Å². The zero-order chi connectivity index (χ0) is 33.0. The van der Waals surface area contributed by atoms with Gasteiger partial charge in [-0.25, -0.2) is 21.6 Å². The molecule has 7 nitrogen and oxygen atoms in total. The minimum atomic E-state index is -4.00. The molecule has 1 saturated heterocycles. The Labute approximate surface area is 271 Å². The van der Waals surface area contributed by atoms with Gasteiger partial charge in [0, 0.05) is 42.3 Å². The van der Waals surface area contributed by atoms with Gasteiger partial charge in [0.05, 0.1) is 5.02 Å². The van der Waals surface area contributed by atoms with E-state index in [4.69, 9.17) is 17.3 Å². The number of nitrogens with one attached hydrogen (secondary N) is 2. The van der Waals surface area contributed by atoms with E-state index in [1.54, 1.807) is 37.3 Å². The van der Waals surface area contributed by atoms with E-state index in [2.05, 4.69) is 10.6 Å². The maximum Gasteiger partial charge on any atom is 0.245 e. The van der Waals surface area contributed by atoms with Crippen molar-refractivity contribution in [3.8, 4) is 0 Å². The summed E-state index contributed by atoms with van der Waals surface area (Å²) >= 11 is 6.28. The summed E-state index contributed by atoms with van der Waals surface area (Å²) in [6, 6.07) is 19.5. The molecule has 3 atom stereocenters. The average Bonchev–Trinajstić information content (AvgIpc) is 3.00. The number of hydrogen-bond donors (Lipinski definition) is 3. The fraction of sp³-hybridized carbons (Fsp3) is 0.265. The maximum absolute atomic E-state index is 15.5. The molecule has 0 saturated carbocycles. The molecule has 5 rings (SSSR count). The van der Waals surface area contributed by atoms with Crippen LogP contribution in [0, 0.1) is 17.5 Å². The molecule has 4 N–H and O–H groups in total. The topological polar surface area (TPSA) is 105 Å². The van der Waals surface area contributed by atoms with Gasteiger partial charge in [-0.05, 0) is 79.4 Å². The van der Waals surface area contributed by atoms with Crippen LogP contribution in [0.2, 0.25) is 5.02 Å². The van der Waals surface area contributed by atoms with Crippen molar-refractivity contribution in [1.82, 2.24) is 9.62 Å². The Hall–Kier alpha value is -3.90. The van der Waals surface area contributed by atoms with Crippen molar-refractivity contribution in [1.29, 1.82) is 0 Å². The van der Waals surface area contributed by atoms with E-state index in [0.717, 1.165) is 0 Å². The molecule has 1 amide bonds. The van der Waals surface area contributed by atoms with Gasteiger partial charge in [-0.2, -0.15) is 4.31 Å². The van der Waals surface area contributed by atoms with Crippen molar-refractivity contribution in [3.05, 3.63) is 130 Å². The van der Waals surface area contributed by atoms with Gasteiger partial charge in [0.2, 0.25) is 15.9 Å². The predicted octanol–water partition coefficient (Wildman–Crippen LogP) is 5.84. The standard InChI is InChI=1S/C34H34ClF3N4O3S/c1-21-19-40-20-26(42(21)46(44,45)31-14-3-2-11-28(31)35)15-16-27-29(38)12-6-13-30(27)41-33(34(39)43)32(22-7-4-9-24(36)17-22)23-8-5-10-25(37)18-23/h2-14,17-18,21,26,32-33,40-41H,15-16,19-20H2,1H3,(H2,39,43)/t21-,26-,33-/m0/s1. The van der Waals surface area contributed by atoms with Crippen molar-refractivity contribution in [2.75, 3.05) is 18.4 Å². The summed E-state index contributed by atoms with van der Waals surface area (Å²) in [7, 11) is -4.00.